The molecule has 1 aromatic carbocycles. The van der Waals surface area contributed by atoms with Crippen LogP contribution in [0.15, 0.2) is 30.3 Å². The quantitative estimate of drug-likeness (QED) is 0.889. The Kier molecular flexibility index (Phi) is 5.26. The van der Waals surface area contributed by atoms with Gasteiger partial charge in [-0.05, 0) is 44.0 Å². The summed E-state index contributed by atoms with van der Waals surface area (Å²) < 4.78 is 11.1. The van der Waals surface area contributed by atoms with Gasteiger partial charge in [0.25, 0.3) is 0 Å². The van der Waals surface area contributed by atoms with Crippen LogP contribution >= 0.6 is 0 Å². The third kappa shape index (κ3) is 4.39. The molecule has 1 N–H and O–H groups in total. The van der Waals surface area contributed by atoms with E-state index < -0.39 is 10.8 Å². The van der Waals surface area contributed by atoms with Gasteiger partial charge in [0.1, 0.15) is 0 Å². The zero-order valence-electron chi connectivity index (χ0n) is 12.3. The van der Waals surface area contributed by atoms with E-state index in [0.717, 1.165) is 29.9 Å². The largest absolute Gasteiger partial charge is 0.310 e. The molecule has 0 bridgehead atoms. The number of rotatable bonds is 6. The average molecular weight is 290 g/mol. The molecule has 108 valence electrons. The van der Waals surface area contributed by atoms with E-state index in [2.05, 4.69) is 41.5 Å². The van der Waals surface area contributed by atoms with Gasteiger partial charge in [0.2, 0.25) is 0 Å². The summed E-state index contributed by atoms with van der Waals surface area (Å²) in [5.41, 5.74) is 3.35. The molecule has 0 radical (unpaired) electrons. The summed E-state index contributed by atoms with van der Waals surface area (Å²) in [6.45, 7) is 4.98. The van der Waals surface area contributed by atoms with Crippen molar-refractivity contribution in [3.63, 3.8) is 0 Å². The number of pyridine rings is 1. The van der Waals surface area contributed by atoms with Crippen molar-refractivity contribution < 1.29 is 4.21 Å². The van der Waals surface area contributed by atoms with E-state index in [1.165, 1.54) is 10.9 Å². The molecule has 2 rings (SSSR count). The highest BCUT2D eigenvalue weighted by Gasteiger charge is 2.04. The first-order valence-corrected chi connectivity index (χ1v) is 8.67. The maximum atomic E-state index is 11.1. The molecule has 4 heteroatoms. The molecule has 0 aliphatic carbocycles. The molecular formula is C16H22N2OS. The Morgan fingerprint density at radius 2 is 2.10 bits per heavy atom. The fourth-order valence-electron chi connectivity index (χ4n) is 2.12. The number of nitrogens with zero attached hydrogens (tertiary/aromatic N) is 1. The summed E-state index contributed by atoms with van der Waals surface area (Å²) in [4.78, 5) is 4.51. The van der Waals surface area contributed by atoms with Gasteiger partial charge in [0, 0.05) is 46.5 Å². The van der Waals surface area contributed by atoms with Crippen LogP contribution in [-0.2, 0) is 17.3 Å². The second kappa shape index (κ2) is 6.95. The van der Waals surface area contributed by atoms with Gasteiger partial charge in [0.05, 0.1) is 5.52 Å². The molecule has 20 heavy (non-hydrogen) atoms. The van der Waals surface area contributed by atoms with Gasteiger partial charge in [-0.1, -0.05) is 12.1 Å². The predicted molar refractivity (Wildman–Crippen MR) is 86.3 cm³/mol. The van der Waals surface area contributed by atoms with Crippen LogP contribution in [0.1, 0.15) is 24.6 Å². The van der Waals surface area contributed by atoms with E-state index in [4.69, 9.17) is 0 Å². The summed E-state index contributed by atoms with van der Waals surface area (Å²) in [7, 11) is -0.703. The van der Waals surface area contributed by atoms with Crippen LogP contribution in [-0.4, -0.2) is 27.2 Å². The molecule has 2 aromatic rings. The van der Waals surface area contributed by atoms with Crippen LogP contribution in [0, 0.1) is 6.92 Å². The second-order valence-corrected chi connectivity index (χ2v) is 6.88. The third-order valence-electron chi connectivity index (χ3n) is 3.39. The highest BCUT2D eigenvalue weighted by molar-refractivity contribution is 7.84. The minimum Gasteiger partial charge on any atom is -0.310 e. The maximum Gasteiger partial charge on any atom is 0.0705 e. The SMILES string of the molecule is Cc1ccc2cc(CNC(C)CCS(C)=O)ccc2n1. The van der Waals surface area contributed by atoms with E-state index in [-0.39, 0.29) is 0 Å². The standard InChI is InChI=1S/C16H22N2OS/c1-12(8-9-20(3)19)17-11-14-5-7-16-15(10-14)6-4-13(2)18-16/h4-7,10,12,17H,8-9,11H2,1-3H3. The van der Waals surface area contributed by atoms with Gasteiger partial charge < -0.3 is 5.32 Å². The van der Waals surface area contributed by atoms with Crippen LogP contribution in [0.3, 0.4) is 0 Å². The second-order valence-electron chi connectivity index (χ2n) is 5.33. The third-order valence-corrected chi connectivity index (χ3v) is 4.20. The Morgan fingerprint density at radius 3 is 2.85 bits per heavy atom. The topological polar surface area (TPSA) is 42.0 Å². The van der Waals surface area contributed by atoms with Crippen molar-refractivity contribution >= 4 is 21.7 Å². The predicted octanol–water partition coefficient (Wildman–Crippen LogP) is 2.79. The monoisotopic (exact) mass is 290 g/mol. The summed E-state index contributed by atoms with van der Waals surface area (Å²) >= 11 is 0. The number of nitrogens with one attached hydrogen (secondary N) is 1. The first kappa shape index (κ1) is 15.1. The summed E-state index contributed by atoms with van der Waals surface area (Å²) in [5.74, 6) is 0.759. The van der Waals surface area contributed by atoms with Gasteiger partial charge in [-0.2, -0.15) is 0 Å². The lowest BCUT2D eigenvalue weighted by atomic mass is 10.1. The number of aryl methyl sites for hydroxylation is 1. The lowest BCUT2D eigenvalue weighted by molar-refractivity contribution is 0.535. The summed E-state index contributed by atoms with van der Waals surface area (Å²) in [6.07, 6.45) is 2.70. The Labute approximate surface area is 123 Å². The molecular weight excluding hydrogens is 268 g/mol. The summed E-state index contributed by atoms with van der Waals surface area (Å²) in [5, 5.41) is 4.65. The van der Waals surface area contributed by atoms with E-state index in [1.54, 1.807) is 6.26 Å². The minimum absolute atomic E-state index is 0.380. The van der Waals surface area contributed by atoms with Crippen molar-refractivity contribution in [1.82, 2.24) is 10.3 Å². The average Bonchev–Trinajstić information content (AvgIpc) is 2.42. The number of hydrogen-bond donors (Lipinski definition) is 1. The van der Waals surface area contributed by atoms with Crippen LogP contribution in [0.2, 0.25) is 0 Å². The maximum absolute atomic E-state index is 11.1. The minimum atomic E-state index is -0.703. The molecule has 0 saturated heterocycles. The van der Waals surface area contributed by atoms with Gasteiger partial charge in [-0.15, -0.1) is 0 Å². The smallest absolute Gasteiger partial charge is 0.0705 e. The highest BCUT2D eigenvalue weighted by Crippen LogP contribution is 2.15. The molecule has 1 heterocycles. The molecule has 0 saturated carbocycles. The Morgan fingerprint density at radius 1 is 1.30 bits per heavy atom. The van der Waals surface area contributed by atoms with Crippen LogP contribution in [0.5, 0.6) is 0 Å². The summed E-state index contributed by atoms with van der Waals surface area (Å²) in [6, 6.07) is 10.9. The fraction of sp³-hybridized carbons (Fsp3) is 0.438. The van der Waals surface area contributed by atoms with E-state index in [9.17, 15) is 4.21 Å². The van der Waals surface area contributed by atoms with Crippen molar-refractivity contribution in [3.8, 4) is 0 Å². The zero-order valence-corrected chi connectivity index (χ0v) is 13.2. The van der Waals surface area contributed by atoms with Crippen molar-refractivity contribution in [2.45, 2.75) is 32.9 Å². The molecule has 0 aliphatic rings. The molecule has 3 nitrogen and oxygen atoms in total. The lowest BCUT2D eigenvalue weighted by Crippen LogP contribution is -2.26. The molecule has 0 amide bonds. The van der Waals surface area contributed by atoms with Gasteiger partial charge in [-0.3, -0.25) is 9.19 Å². The van der Waals surface area contributed by atoms with Crippen LogP contribution in [0.25, 0.3) is 10.9 Å². The number of aromatic nitrogens is 1. The van der Waals surface area contributed by atoms with Gasteiger partial charge in [-0.25, -0.2) is 0 Å². The first-order chi connectivity index (χ1) is 9.54. The van der Waals surface area contributed by atoms with E-state index >= 15 is 0 Å². The Bertz CT molecular complexity index is 612. The lowest BCUT2D eigenvalue weighted by Gasteiger charge is -2.13. The molecule has 2 atom stereocenters. The van der Waals surface area contributed by atoms with E-state index in [0.29, 0.717) is 6.04 Å². The highest BCUT2D eigenvalue weighted by atomic mass is 32.2. The van der Waals surface area contributed by atoms with E-state index in [1.807, 2.05) is 13.0 Å². The molecule has 2 unspecified atom stereocenters. The van der Waals surface area contributed by atoms with Gasteiger partial charge >= 0.3 is 0 Å². The fourth-order valence-corrected chi connectivity index (χ4v) is 2.81. The van der Waals surface area contributed by atoms with Gasteiger partial charge in [0.15, 0.2) is 0 Å². The first-order valence-electron chi connectivity index (χ1n) is 6.94. The Balaban J connectivity index is 1.96. The molecule has 1 aromatic heterocycles. The number of hydrogen-bond acceptors (Lipinski definition) is 3. The molecule has 0 spiro atoms. The van der Waals surface area contributed by atoms with Crippen molar-refractivity contribution in [2.24, 2.45) is 0 Å². The van der Waals surface area contributed by atoms with Crippen molar-refractivity contribution in [1.29, 1.82) is 0 Å². The number of benzene rings is 1. The zero-order chi connectivity index (χ0) is 14.5. The van der Waals surface area contributed by atoms with Crippen LogP contribution < -0.4 is 5.32 Å². The van der Waals surface area contributed by atoms with Crippen LogP contribution in [0.4, 0.5) is 0 Å². The normalized spacial score (nSPS) is 14.3. The van der Waals surface area contributed by atoms with Crippen molar-refractivity contribution in [3.05, 3.63) is 41.6 Å². The van der Waals surface area contributed by atoms with Crippen molar-refractivity contribution in [2.75, 3.05) is 12.0 Å². The molecule has 0 fully saturated rings. The molecule has 0 aliphatic heterocycles. The Hall–Kier alpha value is -1.26. The number of fused-ring (bicyclic) bond motifs is 1.